The Morgan fingerprint density at radius 1 is 0.682 bits per heavy atom. The van der Waals surface area contributed by atoms with E-state index in [1.807, 2.05) is 0 Å². The van der Waals surface area contributed by atoms with Gasteiger partial charge in [0.25, 0.3) is 0 Å². The average molecular weight is 296 g/mol. The van der Waals surface area contributed by atoms with Gasteiger partial charge in [0.1, 0.15) is 0 Å². The first-order valence-corrected chi connectivity index (χ1v) is 6.63. The molecule has 2 aromatic carbocycles. The molecule has 0 radical (unpaired) electrons. The first-order chi connectivity index (χ1) is 10.4. The third kappa shape index (κ3) is 6.10. The molecule has 4 heteroatoms. The van der Waals surface area contributed by atoms with Crippen molar-refractivity contribution in [1.82, 2.24) is 0 Å². The fraction of sp³-hybridized carbons (Fsp3) is 0.222. The molecule has 2 N–H and O–H groups in total. The van der Waals surface area contributed by atoms with Gasteiger partial charge in [0, 0.05) is 0 Å². The SMILES string of the molecule is Cc1ccc(C)c(-c2cc(C)ccc2C)c1.N=C=O.N=C=O. The van der Waals surface area contributed by atoms with Gasteiger partial charge in [-0.15, -0.1) is 0 Å². The second-order valence-electron chi connectivity index (χ2n) is 4.84. The highest BCUT2D eigenvalue weighted by molar-refractivity contribution is 5.71. The van der Waals surface area contributed by atoms with Crippen LogP contribution in [0.3, 0.4) is 0 Å². The zero-order chi connectivity index (χ0) is 17.1. The van der Waals surface area contributed by atoms with Crippen LogP contribution >= 0.6 is 0 Å². The first kappa shape index (κ1) is 19.2. The van der Waals surface area contributed by atoms with E-state index in [9.17, 15) is 0 Å². The zero-order valence-electron chi connectivity index (χ0n) is 13.3. The fourth-order valence-electron chi connectivity index (χ4n) is 2.05. The van der Waals surface area contributed by atoms with Gasteiger partial charge in [0.2, 0.25) is 12.2 Å². The fourth-order valence-corrected chi connectivity index (χ4v) is 2.05. The number of hydrogen-bond donors (Lipinski definition) is 2. The third-order valence-electron chi connectivity index (χ3n) is 3.08. The lowest BCUT2D eigenvalue weighted by molar-refractivity contribution is 0.562. The minimum absolute atomic E-state index is 0.750. The van der Waals surface area contributed by atoms with Crippen molar-refractivity contribution >= 4 is 12.2 Å². The molecule has 0 bridgehead atoms. The minimum atomic E-state index is 0.750. The molecule has 0 aliphatic rings. The Labute approximate surface area is 130 Å². The summed E-state index contributed by atoms with van der Waals surface area (Å²) in [7, 11) is 0. The molecule has 0 amide bonds. The van der Waals surface area contributed by atoms with E-state index in [2.05, 4.69) is 64.1 Å². The number of carbonyl (C=O) groups excluding carboxylic acids is 2. The molecule has 2 aromatic rings. The van der Waals surface area contributed by atoms with Gasteiger partial charge < -0.3 is 0 Å². The summed E-state index contributed by atoms with van der Waals surface area (Å²) in [4.78, 5) is 16.7. The molecule has 114 valence electrons. The van der Waals surface area contributed by atoms with Gasteiger partial charge in [0.05, 0.1) is 0 Å². The van der Waals surface area contributed by atoms with Crippen molar-refractivity contribution in [2.24, 2.45) is 0 Å². The zero-order valence-corrected chi connectivity index (χ0v) is 13.3. The molecule has 0 aliphatic carbocycles. The predicted molar refractivity (Wildman–Crippen MR) is 87.7 cm³/mol. The Morgan fingerprint density at radius 3 is 1.23 bits per heavy atom. The van der Waals surface area contributed by atoms with Crippen LogP contribution in [0.25, 0.3) is 11.1 Å². The monoisotopic (exact) mass is 296 g/mol. The van der Waals surface area contributed by atoms with E-state index in [0.717, 1.165) is 12.2 Å². The van der Waals surface area contributed by atoms with Gasteiger partial charge in [-0.1, -0.05) is 47.5 Å². The lowest BCUT2D eigenvalue weighted by Crippen LogP contribution is -1.89. The largest absolute Gasteiger partial charge is 0.231 e. The molecule has 0 unspecified atom stereocenters. The molecule has 0 spiro atoms. The second kappa shape index (κ2) is 10.0. The highest BCUT2D eigenvalue weighted by Crippen LogP contribution is 2.28. The molecular formula is C18H20N2O2. The van der Waals surface area contributed by atoms with E-state index in [1.54, 1.807) is 0 Å². The number of aryl methyl sites for hydroxylation is 4. The van der Waals surface area contributed by atoms with E-state index in [4.69, 9.17) is 20.4 Å². The quantitative estimate of drug-likeness (QED) is 0.604. The van der Waals surface area contributed by atoms with Crippen LogP contribution in [0.2, 0.25) is 0 Å². The van der Waals surface area contributed by atoms with Gasteiger partial charge >= 0.3 is 0 Å². The van der Waals surface area contributed by atoms with Crippen molar-refractivity contribution in [3.8, 4) is 11.1 Å². The van der Waals surface area contributed by atoms with Crippen LogP contribution in [0.15, 0.2) is 36.4 Å². The van der Waals surface area contributed by atoms with Crippen LogP contribution in [0.4, 0.5) is 0 Å². The van der Waals surface area contributed by atoms with Gasteiger partial charge in [-0.3, -0.25) is 0 Å². The molecule has 0 heterocycles. The Balaban J connectivity index is 0.000000639. The smallest absolute Gasteiger partial charge is 0.222 e. The summed E-state index contributed by atoms with van der Waals surface area (Å²) >= 11 is 0. The molecule has 22 heavy (non-hydrogen) atoms. The van der Waals surface area contributed by atoms with E-state index < -0.39 is 0 Å². The van der Waals surface area contributed by atoms with Gasteiger partial charge in [0.15, 0.2) is 0 Å². The average Bonchev–Trinajstić information content (AvgIpc) is 2.46. The standard InChI is InChI=1S/C16H18.2CHNO/c1-11-5-7-13(3)15(9-11)16-10-12(2)6-8-14(16)4;2*2-1-3/h5-10H,1-4H3;2*2H. The van der Waals surface area contributed by atoms with Crippen molar-refractivity contribution in [2.75, 3.05) is 0 Å². The van der Waals surface area contributed by atoms with E-state index >= 15 is 0 Å². The molecular weight excluding hydrogens is 276 g/mol. The number of rotatable bonds is 1. The lowest BCUT2D eigenvalue weighted by Gasteiger charge is -2.11. The van der Waals surface area contributed by atoms with Crippen molar-refractivity contribution in [3.05, 3.63) is 58.7 Å². The second-order valence-corrected chi connectivity index (χ2v) is 4.84. The molecule has 0 atom stereocenters. The molecule has 0 saturated carbocycles. The molecule has 0 aliphatic heterocycles. The van der Waals surface area contributed by atoms with E-state index in [0.29, 0.717) is 0 Å². The van der Waals surface area contributed by atoms with Crippen LogP contribution in [0, 0.1) is 38.5 Å². The van der Waals surface area contributed by atoms with E-state index in [1.165, 1.54) is 33.4 Å². The van der Waals surface area contributed by atoms with Crippen molar-refractivity contribution in [2.45, 2.75) is 27.7 Å². The van der Waals surface area contributed by atoms with Crippen molar-refractivity contribution in [3.63, 3.8) is 0 Å². The molecule has 0 saturated heterocycles. The summed E-state index contributed by atoms with van der Waals surface area (Å²) < 4.78 is 0. The predicted octanol–water partition coefficient (Wildman–Crippen LogP) is 4.39. The molecule has 0 aromatic heterocycles. The minimum Gasteiger partial charge on any atom is -0.222 e. The summed E-state index contributed by atoms with van der Waals surface area (Å²) in [6.45, 7) is 8.65. The van der Waals surface area contributed by atoms with Crippen molar-refractivity contribution < 1.29 is 9.59 Å². The highest BCUT2D eigenvalue weighted by Gasteiger charge is 2.05. The van der Waals surface area contributed by atoms with Gasteiger partial charge in [-0.05, 0) is 49.9 Å². The summed E-state index contributed by atoms with van der Waals surface area (Å²) in [5.41, 5.74) is 8.06. The maximum absolute atomic E-state index is 8.35. The Morgan fingerprint density at radius 2 is 0.955 bits per heavy atom. The van der Waals surface area contributed by atoms with Gasteiger partial charge in [-0.25, -0.2) is 20.4 Å². The molecule has 2 rings (SSSR count). The number of isocyanates is 2. The summed E-state index contributed by atoms with van der Waals surface area (Å²) in [5, 5.41) is 10.8. The third-order valence-corrected chi connectivity index (χ3v) is 3.08. The van der Waals surface area contributed by atoms with Crippen LogP contribution in [-0.2, 0) is 9.59 Å². The topological polar surface area (TPSA) is 81.8 Å². The highest BCUT2D eigenvalue weighted by atomic mass is 16.1. The first-order valence-electron chi connectivity index (χ1n) is 6.63. The summed E-state index contributed by atoms with van der Waals surface area (Å²) in [5.74, 6) is 0. The maximum Gasteiger partial charge on any atom is 0.231 e. The van der Waals surface area contributed by atoms with Crippen molar-refractivity contribution in [1.29, 1.82) is 10.8 Å². The molecule has 4 nitrogen and oxygen atoms in total. The van der Waals surface area contributed by atoms with E-state index in [-0.39, 0.29) is 0 Å². The van der Waals surface area contributed by atoms with Crippen LogP contribution in [0.5, 0.6) is 0 Å². The van der Waals surface area contributed by atoms with Gasteiger partial charge in [-0.2, -0.15) is 0 Å². The lowest BCUT2D eigenvalue weighted by atomic mass is 9.94. The van der Waals surface area contributed by atoms with Crippen LogP contribution in [0.1, 0.15) is 22.3 Å². The summed E-state index contributed by atoms with van der Waals surface area (Å²) in [6.07, 6.45) is 1.50. The summed E-state index contributed by atoms with van der Waals surface area (Å²) in [6, 6.07) is 13.3. The van der Waals surface area contributed by atoms with Crippen LogP contribution < -0.4 is 0 Å². The Kier molecular flexibility index (Phi) is 8.73. The Bertz CT molecular complexity index is 633. The number of hydrogen-bond acceptors (Lipinski definition) is 4. The normalized spacial score (nSPS) is 8.36. The Hall–Kier alpha value is -2.80. The maximum atomic E-state index is 8.35. The molecule has 0 fully saturated rings. The van der Waals surface area contributed by atoms with Crippen LogP contribution in [-0.4, -0.2) is 12.2 Å². The number of benzene rings is 2. The number of nitrogens with one attached hydrogen (secondary N) is 2.